The zero-order valence-electron chi connectivity index (χ0n) is 9.73. The second-order valence-corrected chi connectivity index (χ2v) is 4.77. The summed E-state index contributed by atoms with van der Waals surface area (Å²) in [6, 6.07) is 0. The molecule has 1 fully saturated rings. The van der Waals surface area contributed by atoms with Gasteiger partial charge in [-0.3, -0.25) is 0 Å². The van der Waals surface area contributed by atoms with E-state index >= 15 is 0 Å². The van der Waals surface area contributed by atoms with Crippen molar-refractivity contribution < 1.29 is 4.74 Å². The van der Waals surface area contributed by atoms with Crippen molar-refractivity contribution in [3.05, 3.63) is 0 Å². The monoisotopic (exact) mass is 200 g/mol. The molecule has 1 atom stereocenters. The van der Waals surface area contributed by atoms with Crippen molar-refractivity contribution in [1.29, 1.82) is 0 Å². The molecule has 0 radical (unpaired) electrons. The third kappa shape index (κ3) is 4.40. The van der Waals surface area contributed by atoms with Crippen LogP contribution in [-0.2, 0) is 4.74 Å². The average Bonchev–Trinajstić information content (AvgIpc) is 2.56. The summed E-state index contributed by atoms with van der Waals surface area (Å²) in [7, 11) is 0. The van der Waals surface area contributed by atoms with Crippen LogP contribution in [-0.4, -0.2) is 38.4 Å². The summed E-state index contributed by atoms with van der Waals surface area (Å²) in [5.41, 5.74) is 0.203. The van der Waals surface area contributed by atoms with Crippen LogP contribution in [0.15, 0.2) is 0 Å². The van der Waals surface area contributed by atoms with Crippen LogP contribution in [0.25, 0.3) is 0 Å². The van der Waals surface area contributed by atoms with Crippen molar-refractivity contribution in [2.75, 3.05) is 32.8 Å². The molecule has 1 saturated heterocycles. The zero-order valence-corrected chi connectivity index (χ0v) is 9.73. The number of ether oxygens (including phenoxy) is 1. The second kappa shape index (κ2) is 5.69. The molecule has 1 aliphatic rings. The molecule has 3 heteroatoms. The maximum absolute atomic E-state index is 5.33. The van der Waals surface area contributed by atoms with Gasteiger partial charge in [-0.05, 0) is 32.7 Å². The Morgan fingerprint density at radius 1 is 1.43 bits per heavy atom. The van der Waals surface area contributed by atoms with Crippen LogP contribution in [0.1, 0.15) is 27.2 Å². The minimum Gasteiger partial charge on any atom is -0.381 e. The molecule has 0 aliphatic carbocycles. The van der Waals surface area contributed by atoms with Crippen molar-refractivity contribution in [3.63, 3.8) is 0 Å². The van der Waals surface area contributed by atoms with Crippen LogP contribution in [0.2, 0.25) is 0 Å². The summed E-state index contributed by atoms with van der Waals surface area (Å²) in [4.78, 5) is 0. The van der Waals surface area contributed by atoms with Crippen molar-refractivity contribution in [3.8, 4) is 0 Å². The Labute approximate surface area is 87.6 Å². The van der Waals surface area contributed by atoms with E-state index in [1.165, 1.54) is 6.42 Å². The van der Waals surface area contributed by atoms with Crippen LogP contribution in [0.5, 0.6) is 0 Å². The number of likely N-dealkylation sites (N-methyl/N-ethyl adjacent to an activating group) is 1. The molecule has 0 saturated carbocycles. The lowest BCUT2D eigenvalue weighted by molar-refractivity contribution is 0.184. The Balaban J connectivity index is 2.07. The fraction of sp³-hybridized carbons (Fsp3) is 1.00. The molecular weight excluding hydrogens is 176 g/mol. The molecule has 0 aromatic carbocycles. The molecule has 1 aliphatic heterocycles. The SMILES string of the molecule is CCNC(C)(C)CNCC1CCOC1. The van der Waals surface area contributed by atoms with Gasteiger partial charge in [-0.2, -0.15) is 0 Å². The van der Waals surface area contributed by atoms with E-state index in [9.17, 15) is 0 Å². The molecule has 84 valence electrons. The van der Waals surface area contributed by atoms with E-state index in [4.69, 9.17) is 4.74 Å². The van der Waals surface area contributed by atoms with E-state index in [-0.39, 0.29) is 5.54 Å². The number of rotatable bonds is 6. The highest BCUT2D eigenvalue weighted by Gasteiger charge is 2.18. The van der Waals surface area contributed by atoms with Gasteiger partial charge in [0.2, 0.25) is 0 Å². The largest absolute Gasteiger partial charge is 0.381 e. The standard InChI is InChI=1S/C11H24N2O/c1-4-13-11(2,3)9-12-7-10-5-6-14-8-10/h10,12-13H,4-9H2,1-3H3. The third-order valence-electron chi connectivity index (χ3n) is 2.68. The van der Waals surface area contributed by atoms with E-state index in [2.05, 4.69) is 31.4 Å². The number of hydrogen-bond acceptors (Lipinski definition) is 3. The molecule has 0 amide bonds. The van der Waals surface area contributed by atoms with Crippen LogP contribution in [0.4, 0.5) is 0 Å². The first-order valence-electron chi connectivity index (χ1n) is 5.67. The molecule has 1 rings (SSSR count). The van der Waals surface area contributed by atoms with E-state index in [0.717, 1.165) is 38.8 Å². The lowest BCUT2D eigenvalue weighted by Crippen LogP contribution is -2.48. The molecule has 3 nitrogen and oxygen atoms in total. The normalized spacial score (nSPS) is 22.9. The van der Waals surface area contributed by atoms with Gasteiger partial charge in [-0.15, -0.1) is 0 Å². The van der Waals surface area contributed by atoms with Gasteiger partial charge in [-0.25, -0.2) is 0 Å². The van der Waals surface area contributed by atoms with E-state index in [1.54, 1.807) is 0 Å². The first-order valence-corrected chi connectivity index (χ1v) is 5.67. The Kier molecular flexibility index (Phi) is 4.85. The molecule has 0 aromatic heterocycles. The minimum absolute atomic E-state index is 0.203. The summed E-state index contributed by atoms with van der Waals surface area (Å²) in [5.74, 6) is 0.729. The lowest BCUT2D eigenvalue weighted by Gasteiger charge is -2.26. The van der Waals surface area contributed by atoms with Crippen LogP contribution < -0.4 is 10.6 Å². The Bertz CT molecular complexity index is 153. The Morgan fingerprint density at radius 3 is 2.79 bits per heavy atom. The van der Waals surface area contributed by atoms with Crippen LogP contribution >= 0.6 is 0 Å². The maximum atomic E-state index is 5.33. The lowest BCUT2D eigenvalue weighted by atomic mass is 10.0. The molecule has 0 bridgehead atoms. The summed E-state index contributed by atoms with van der Waals surface area (Å²) in [5, 5.41) is 6.96. The van der Waals surface area contributed by atoms with Crippen LogP contribution in [0, 0.1) is 5.92 Å². The maximum Gasteiger partial charge on any atom is 0.0507 e. The van der Waals surface area contributed by atoms with Crippen LogP contribution in [0.3, 0.4) is 0 Å². The number of hydrogen-bond donors (Lipinski definition) is 2. The highest BCUT2D eigenvalue weighted by Crippen LogP contribution is 2.10. The van der Waals surface area contributed by atoms with Gasteiger partial charge in [0.05, 0.1) is 6.61 Å². The van der Waals surface area contributed by atoms with Gasteiger partial charge in [0.1, 0.15) is 0 Å². The van der Waals surface area contributed by atoms with Gasteiger partial charge in [0.25, 0.3) is 0 Å². The Morgan fingerprint density at radius 2 is 2.21 bits per heavy atom. The predicted octanol–water partition coefficient (Wildman–Crippen LogP) is 1.00. The molecule has 0 spiro atoms. The molecule has 14 heavy (non-hydrogen) atoms. The first kappa shape index (κ1) is 12.0. The van der Waals surface area contributed by atoms with Gasteiger partial charge in [0.15, 0.2) is 0 Å². The fourth-order valence-electron chi connectivity index (χ4n) is 1.87. The van der Waals surface area contributed by atoms with Crippen molar-refractivity contribution in [2.24, 2.45) is 5.92 Å². The smallest absolute Gasteiger partial charge is 0.0507 e. The topological polar surface area (TPSA) is 33.3 Å². The second-order valence-electron chi connectivity index (χ2n) is 4.77. The summed E-state index contributed by atoms with van der Waals surface area (Å²) in [6.07, 6.45) is 1.22. The average molecular weight is 200 g/mol. The van der Waals surface area contributed by atoms with Gasteiger partial charge >= 0.3 is 0 Å². The number of nitrogens with one attached hydrogen (secondary N) is 2. The highest BCUT2D eigenvalue weighted by molar-refractivity contribution is 4.80. The van der Waals surface area contributed by atoms with Gasteiger partial charge < -0.3 is 15.4 Å². The van der Waals surface area contributed by atoms with E-state index < -0.39 is 0 Å². The third-order valence-corrected chi connectivity index (χ3v) is 2.68. The predicted molar refractivity (Wildman–Crippen MR) is 59.6 cm³/mol. The minimum atomic E-state index is 0.203. The summed E-state index contributed by atoms with van der Waals surface area (Å²) >= 11 is 0. The zero-order chi connectivity index (χ0) is 10.4. The van der Waals surface area contributed by atoms with Gasteiger partial charge in [-0.1, -0.05) is 6.92 Å². The van der Waals surface area contributed by atoms with Crippen molar-refractivity contribution in [2.45, 2.75) is 32.7 Å². The first-order chi connectivity index (χ1) is 6.64. The van der Waals surface area contributed by atoms with Gasteiger partial charge in [0, 0.05) is 25.2 Å². The Hall–Kier alpha value is -0.120. The quantitative estimate of drug-likeness (QED) is 0.671. The molecule has 0 aromatic rings. The molecule has 1 unspecified atom stereocenters. The van der Waals surface area contributed by atoms with Crippen molar-refractivity contribution >= 4 is 0 Å². The molecule has 2 N–H and O–H groups in total. The molecule has 1 heterocycles. The van der Waals surface area contributed by atoms with E-state index in [0.29, 0.717) is 0 Å². The molecular formula is C11H24N2O. The van der Waals surface area contributed by atoms with Crippen molar-refractivity contribution in [1.82, 2.24) is 10.6 Å². The summed E-state index contributed by atoms with van der Waals surface area (Å²) in [6.45, 7) is 11.6. The fourth-order valence-corrected chi connectivity index (χ4v) is 1.87. The summed E-state index contributed by atoms with van der Waals surface area (Å²) < 4.78 is 5.33. The highest BCUT2D eigenvalue weighted by atomic mass is 16.5. The van der Waals surface area contributed by atoms with E-state index in [1.807, 2.05) is 0 Å².